The van der Waals surface area contributed by atoms with Crippen molar-refractivity contribution in [3.05, 3.63) is 29.8 Å². The molecule has 1 N–H and O–H groups in total. The first kappa shape index (κ1) is 19.4. The van der Waals surface area contributed by atoms with Crippen LogP contribution in [-0.2, 0) is 16.0 Å². The number of nitrogens with zero attached hydrogens (tertiary/aromatic N) is 1. The smallest absolute Gasteiger partial charge is 0.253 e. The Balaban J connectivity index is 1.45. The van der Waals surface area contributed by atoms with E-state index >= 15 is 0 Å². The molecule has 0 saturated carbocycles. The highest BCUT2D eigenvalue weighted by Gasteiger charge is 2.27. The zero-order valence-corrected chi connectivity index (χ0v) is 16.5. The Hall–Kier alpha value is -1.39. The molecular formula is C22H34N2O2. The molecule has 144 valence electrons. The number of anilines is 1. The van der Waals surface area contributed by atoms with E-state index in [0.29, 0.717) is 12.6 Å². The minimum Gasteiger partial charge on any atom is -0.368 e. The summed E-state index contributed by atoms with van der Waals surface area (Å²) in [7, 11) is 0. The Labute approximate surface area is 158 Å². The van der Waals surface area contributed by atoms with Gasteiger partial charge in [0.1, 0.15) is 6.10 Å². The molecule has 1 aromatic carbocycles. The lowest BCUT2D eigenvalue weighted by atomic mass is 9.82. The number of carbonyl (C=O) groups excluding carboxylic acids is 1. The molecular weight excluding hydrogens is 324 g/mol. The van der Waals surface area contributed by atoms with Crippen LogP contribution in [0.5, 0.6) is 0 Å². The van der Waals surface area contributed by atoms with Crippen molar-refractivity contribution < 1.29 is 9.53 Å². The number of rotatable bonds is 6. The molecule has 0 bridgehead atoms. The highest BCUT2D eigenvalue weighted by Crippen LogP contribution is 2.28. The van der Waals surface area contributed by atoms with Crippen molar-refractivity contribution in [1.29, 1.82) is 0 Å². The van der Waals surface area contributed by atoms with E-state index in [1.54, 1.807) is 0 Å². The van der Waals surface area contributed by atoms with E-state index in [0.717, 1.165) is 36.8 Å². The van der Waals surface area contributed by atoms with Crippen LogP contribution in [0.25, 0.3) is 0 Å². The summed E-state index contributed by atoms with van der Waals surface area (Å²) in [6, 6.07) is 9.01. The number of hydrogen-bond acceptors (Lipinski definition) is 3. The van der Waals surface area contributed by atoms with Crippen LogP contribution in [-0.4, -0.2) is 42.6 Å². The molecule has 4 nitrogen and oxygen atoms in total. The van der Waals surface area contributed by atoms with Gasteiger partial charge < -0.3 is 15.0 Å². The number of nitrogens with one attached hydrogen (secondary N) is 1. The standard InChI is InChI=1S/C22H34N2O2/c1-16(2)24-13-12-19(17(3)15-24)9-6-18-7-10-20(11-8-18)23-22(25)21-5-4-14-26-21/h7-8,10-11,16-17,19,21H,4-6,9,12-15H2,1-3H3,(H,23,25). The topological polar surface area (TPSA) is 41.6 Å². The SMILES string of the molecule is CC1CN(C(C)C)CCC1CCc1ccc(NC(=O)C2CCCO2)cc1. The molecule has 4 heteroatoms. The average molecular weight is 359 g/mol. The molecule has 1 aromatic rings. The molecule has 3 unspecified atom stereocenters. The predicted molar refractivity (Wildman–Crippen MR) is 106 cm³/mol. The van der Waals surface area contributed by atoms with Gasteiger partial charge in [-0.25, -0.2) is 0 Å². The number of aryl methyl sites for hydroxylation is 1. The molecule has 3 rings (SSSR count). The van der Waals surface area contributed by atoms with E-state index in [9.17, 15) is 4.79 Å². The third kappa shape index (κ3) is 5.08. The van der Waals surface area contributed by atoms with Gasteiger partial charge in [-0.05, 0) is 82.0 Å². The van der Waals surface area contributed by atoms with Gasteiger partial charge >= 0.3 is 0 Å². The average Bonchev–Trinajstić information content (AvgIpc) is 3.16. The second kappa shape index (κ2) is 9.01. The number of carbonyl (C=O) groups is 1. The van der Waals surface area contributed by atoms with E-state index in [-0.39, 0.29) is 12.0 Å². The van der Waals surface area contributed by atoms with Crippen LogP contribution in [0, 0.1) is 11.8 Å². The van der Waals surface area contributed by atoms with Gasteiger partial charge in [-0.1, -0.05) is 19.1 Å². The van der Waals surface area contributed by atoms with E-state index in [1.807, 2.05) is 12.1 Å². The van der Waals surface area contributed by atoms with Crippen LogP contribution < -0.4 is 5.32 Å². The van der Waals surface area contributed by atoms with Crippen molar-refractivity contribution in [3.63, 3.8) is 0 Å². The summed E-state index contributed by atoms with van der Waals surface area (Å²) in [6.07, 6.45) is 5.23. The third-order valence-electron chi connectivity index (χ3n) is 6.09. The summed E-state index contributed by atoms with van der Waals surface area (Å²) in [4.78, 5) is 14.7. The van der Waals surface area contributed by atoms with Gasteiger partial charge in [0, 0.05) is 24.9 Å². The summed E-state index contributed by atoms with van der Waals surface area (Å²) < 4.78 is 5.43. The van der Waals surface area contributed by atoms with Crippen LogP contribution >= 0.6 is 0 Å². The summed E-state index contributed by atoms with van der Waals surface area (Å²) in [5.41, 5.74) is 2.23. The van der Waals surface area contributed by atoms with E-state index < -0.39 is 0 Å². The summed E-state index contributed by atoms with van der Waals surface area (Å²) in [5, 5.41) is 2.97. The number of piperidine rings is 1. The van der Waals surface area contributed by atoms with Crippen LogP contribution in [0.2, 0.25) is 0 Å². The largest absolute Gasteiger partial charge is 0.368 e. The van der Waals surface area contributed by atoms with Gasteiger partial charge in [0.25, 0.3) is 5.91 Å². The van der Waals surface area contributed by atoms with Crippen molar-refractivity contribution in [2.75, 3.05) is 25.0 Å². The van der Waals surface area contributed by atoms with Gasteiger partial charge in [-0.2, -0.15) is 0 Å². The molecule has 0 aliphatic carbocycles. The summed E-state index contributed by atoms with van der Waals surface area (Å²) in [6.45, 7) is 10.2. The van der Waals surface area contributed by atoms with Crippen LogP contribution in [0.15, 0.2) is 24.3 Å². The van der Waals surface area contributed by atoms with Gasteiger partial charge in [-0.3, -0.25) is 4.79 Å². The van der Waals surface area contributed by atoms with Gasteiger partial charge in [0.2, 0.25) is 0 Å². The lowest BCUT2D eigenvalue weighted by molar-refractivity contribution is -0.124. The number of amides is 1. The first-order chi connectivity index (χ1) is 12.5. The molecule has 2 aliphatic heterocycles. The van der Waals surface area contributed by atoms with E-state index in [1.165, 1.54) is 31.5 Å². The van der Waals surface area contributed by atoms with Crippen LogP contribution in [0.1, 0.15) is 52.0 Å². The molecule has 26 heavy (non-hydrogen) atoms. The molecule has 0 aromatic heterocycles. The maximum atomic E-state index is 12.1. The first-order valence-electron chi connectivity index (χ1n) is 10.3. The summed E-state index contributed by atoms with van der Waals surface area (Å²) >= 11 is 0. The zero-order valence-electron chi connectivity index (χ0n) is 16.5. The fourth-order valence-electron chi connectivity index (χ4n) is 4.24. The minimum atomic E-state index is -0.270. The van der Waals surface area contributed by atoms with Crippen molar-refractivity contribution in [3.8, 4) is 0 Å². The van der Waals surface area contributed by atoms with Crippen molar-refractivity contribution in [1.82, 2.24) is 4.90 Å². The zero-order chi connectivity index (χ0) is 18.5. The van der Waals surface area contributed by atoms with Gasteiger partial charge in [0.05, 0.1) is 0 Å². The number of likely N-dealkylation sites (tertiary alicyclic amines) is 1. The number of ether oxygens (including phenoxy) is 1. The minimum absolute atomic E-state index is 0.0130. The first-order valence-corrected chi connectivity index (χ1v) is 10.3. The van der Waals surface area contributed by atoms with E-state index in [2.05, 4.69) is 43.1 Å². The van der Waals surface area contributed by atoms with Crippen LogP contribution in [0.4, 0.5) is 5.69 Å². The Morgan fingerprint density at radius 1 is 1.27 bits per heavy atom. The lowest BCUT2D eigenvalue weighted by Gasteiger charge is -2.39. The van der Waals surface area contributed by atoms with Crippen molar-refractivity contribution in [2.45, 2.75) is 65.0 Å². The molecule has 2 heterocycles. The predicted octanol–water partition coefficient (Wildman–Crippen LogP) is 4.10. The van der Waals surface area contributed by atoms with Crippen molar-refractivity contribution >= 4 is 11.6 Å². The van der Waals surface area contributed by atoms with Gasteiger partial charge in [-0.15, -0.1) is 0 Å². The maximum absolute atomic E-state index is 12.1. The third-order valence-corrected chi connectivity index (χ3v) is 6.09. The van der Waals surface area contributed by atoms with Gasteiger partial charge in [0.15, 0.2) is 0 Å². The Kier molecular flexibility index (Phi) is 6.71. The lowest BCUT2D eigenvalue weighted by Crippen LogP contribution is -2.43. The number of hydrogen-bond donors (Lipinski definition) is 1. The quantitative estimate of drug-likeness (QED) is 0.832. The normalized spacial score (nSPS) is 27.0. The van der Waals surface area contributed by atoms with Crippen LogP contribution in [0.3, 0.4) is 0 Å². The molecule has 2 fully saturated rings. The monoisotopic (exact) mass is 358 g/mol. The maximum Gasteiger partial charge on any atom is 0.253 e. The highest BCUT2D eigenvalue weighted by molar-refractivity contribution is 5.94. The molecule has 0 radical (unpaired) electrons. The number of benzene rings is 1. The Morgan fingerprint density at radius 3 is 2.65 bits per heavy atom. The molecule has 2 aliphatic rings. The van der Waals surface area contributed by atoms with E-state index in [4.69, 9.17) is 4.74 Å². The molecule has 2 saturated heterocycles. The molecule has 1 amide bonds. The fourth-order valence-corrected chi connectivity index (χ4v) is 4.24. The second-order valence-corrected chi connectivity index (χ2v) is 8.34. The molecule has 0 spiro atoms. The Bertz CT molecular complexity index is 578. The summed E-state index contributed by atoms with van der Waals surface area (Å²) in [5.74, 6) is 1.58. The second-order valence-electron chi connectivity index (χ2n) is 8.34. The highest BCUT2D eigenvalue weighted by atomic mass is 16.5. The Morgan fingerprint density at radius 2 is 2.04 bits per heavy atom. The fraction of sp³-hybridized carbons (Fsp3) is 0.682. The molecule has 3 atom stereocenters. The van der Waals surface area contributed by atoms with Crippen molar-refractivity contribution in [2.24, 2.45) is 11.8 Å².